The average molecular weight is 286 g/mol. The second-order valence-electron chi connectivity index (χ2n) is 6.15. The van der Waals surface area contributed by atoms with Crippen molar-refractivity contribution in [1.29, 1.82) is 0 Å². The van der Waals surface area contributed by atoms with E-state index in [0.717, 1.165) is 28.7 Å². The molecule has 0 bridgehead atoms. The molecule has 112 valence electrons. The van der Waals surface area contributed by atoms with Gasteiger partial charge in [0.2, 0.25) is 0 Å². The van der Waals surface area contributed by atoms with Crippen molar-refractivity contribution >= 4 is 17.3 Å². The molecular weight excluding hydrogens is 264 g/mol. The van der Waals surface area contributed by atoms with Gasteiger partial charge in [0.25, 0.3) is 0 Å². The van der Waals surface area contributed by atoms with E-state index < -0.39 is 0 Å². The number of carbonyl (C=O) groups excluding carboxylic acids is 2. The molecule has 0 heterocycles. The van der Waals surface area contributed by atoms with Crippen molar-refractivity contribution in [3.05, 3.63) is 41.0 Å². The van der Waals surface area contributed by atoms with Gasteiger partial charge in [-0.25, -0.2) is 4.79 Å². The average Bonchev–Trinajstić information content (AvgIpc) is 2.43. The summed E-state index contributed by atoms with van der Waals surface area (Å²) >= 11 is 0. The van der Waals surface area contributed by atoms with Crippen molar-refractivity contribution < 1.29 is 14.3 Å². The summed E-state index contributed by atoms with van der Waals surface area (Å²) in [6.45, 7) is 8.33. The standard InChI is InChI=1S/C18H22O3/c1-5-21-17(20)10-12(2)13-6-7-15-14(11-13)16(19)8-9-18(15,3)4/h6-7,10-11H,5,8-9H2,1-4H3/b12-10-. The van der Waals surface area contributed by atoms with Gasteiger partial charge < -0.3 is 4.74 Å². The van der Waals surface area contributed by atoms with Gasteiger partial charge in [-0.05, 0) is 48.4 Å². The first-order valence-electron chi connectivity index (χ1n) is 7.38. The Morgan fingerprint density at radius 3 is 2.76 bits per heavy atom. The van der Waals surface area contributed by atoms with E-state index in [1.165, 1.54) is 6.08 Å². The maximum absolute atomic E-state index is 12.2. The maximum atomic E-state index is 12.2. The lowest BCUT2D eigenvalue weighted by atomic mass is 9.72. The zero-order chi connectivity index (χ0) is 15.6. The SMILES string of the molecule is CCOC(=O)/C=C(/C)c1ccc2c(c1)C(=O)CCC2(C)C. The molecule has 0 saturated carbocycles. The van der Waals surface area contributed by atoms with Crippen LogP contribution >= 0.6 is 0 Å². The molecule has 21 heavy (non-hydrogen) atoms. The molecule has 0 spiro atoms. The van der Waals surface area contributed by atoms with Gasteiger partial charge in [0.05, 0.1) is 6.61 Å². The Morgan fingerprint density at radius 2 is 2.10 bits per heavy atom. The third kappa shape index (κ3) is 3.23. The molecule has 3 heteroatoms. The molecule has 0 fully saturated rings. The van der Waals surface area contributed by atoms with Gasteiger partial charge in [0, 0.05) is 18.1 Å². The number of hydrogen-bond acceptors (Lipinski definition) is 3. The van der Waals surface area contributed by atoms with Crippen LogP contribution in [0.3, 0.4) is 0 Å². The first kappa shape index (κ1) is 15.5. The van der Waals surface area contributed by atoms with E-state index in [9.17, 15) is 9.59 Å². The molecule has 1 aromatic carbocycles. The fourth-order valence-corrected chi connectivity index (χ4v) is 2.75. The number of Topliss-reactive ketones (excluding diaryl/α,β-unsaturated/α-hetero) is 1. The van der Waals surface area contributed by atoms with Crippen molar-refractivity contribution in [2.45, 2.75) is 46.0 Å². The van der Waals surface area contributed by atoms with Crippen molar-refractivity contribution in [3.63, 3.8) is 0 Å². The van der Waals surface area contributed by atoms with Crippen LogP contribution in [-0.4, -0.2) is 18.4 Å². The highest BCUT2D eigenvalue weighted by Gasteiger charge is 2.31. The van der Waals surface area contributed by atoms with Crippen molar-refractivity contribution in [1.82, 2.24) is 0 Å². The van der Waals surface area contributed by atoms with Gasteiger partial charge in [-0.3, -0.25) is 4.79 Å². The molecule has 0 amide bonds. The van der Waals surface area contributed by atoms with Crippen LogP contribution < -0.4 is 0 Å². The summed E-state index contributed by atoms with van der Waals surface area (Å²) in [7, 11) is 0. The Bertz CT molecular complexity index is 609. The number of benzene rings is 1. The minimum atomic E-state index is -0.348. The van der Waals surface area contributed by atoms with Crippen LogP contribution in [0.1, 0.15) is 62.0 Å². The van der Waals surface area contributed by atoms with Gasteiger partial charge in [0.15, 0.2) is 5.78 Å². The molecule has 0 atom stereocenters. The number of ketones is 1. The number of allylic oxidation sites excluding steroid dienone is 1. The Labute approximate surface area is 126 Å². The van der Waals surface area contributed by atoms with E-state index in [0.29, 0.717) is 13.0 Å². The smallest absolute Gasteiger partial charge is 0.331 e. The summed E-state index contributed by atoms with van der Waals surface area (Å²) in [6, 6.07) is 5.90. The van der Waals surface area contributed by atoms with E-state index >= 15 is 0 Å². The van der Waals surface area contributed by atoms with E-state index in [2.05, 4.69) is 13.8 Å². The number of esters is 1. The number of fused-ring (bicyclic) bond motifs is 1. The lowest BCUT2D eigenvalue weighted by Crippen LogP contribution is -2.27. The summed E-state index contributed by atoms with van der Waals surface area (Å²) in [5, 5.41) is 0. The molecule has 0 N–H and O–H groups in total. The zero-order valence-corrected chi connectivity index (χ0v) is 13.2. The largest absolute Gasteiger partial charge is 0.463 e. The van der Waals surface area contributed by atoms with Crippen LogP contribution in [0.15, 0.2) is 24.3 Å². The molecule has 2 rings (SSSR count). The van der Waals surface area contributed by atoms with E-state index in [-0.39, 0.29) is 17.2 Å². The second kappa shape index (κ2) is 5.84. The molecule has 0 aliphatic heterocycles. The van der Waals surface area contributed by atoms with E-state index in [1.807, 2.05) is 25.1 Å². The molecular formula is C18H22O3. The van der Waals surface area contributed by atoms with E-state index in [1.54, 1.807) is 6.92 Å². The van der Waals surface area contributed by atoms with Crippen LogP contribution in [0.2, 0.25) is 0 Å². The number of rotatable bonds is 3. The van der Waals surface area contributed by atoms with Crippen molar-refractivity contribution in [3.8, 4) is 0 Å². The third-order valence-electron chi connectivity index (χ3n) is 4.10. The summed E-state index contributed by atoms with van der Waals surface area (Å²) < 4.78 is 4.92. The van der Waals surface area contributed by atoms with Crippen LogP contribution in [0, 0.1) is 0 Å². The molecule has 3 nitrogen and oxygen atoms in total. The van der Waals surface area contributed by atoms with Gasteiger partial charge in [-0.15, -0.1) is 0 Å². The molecule has 1 aliphatic carbocycles. The Morgan fingerprint density at radius 1 is 1.38 bits per heavy atom. The fourth-order valence-electron chi connectivity index (χ4n) is 2.75. The number of ether oxygens (including phenoxy) is 1. The highest BCUT2D eigenvalue weighted by atomic mass is 16.5. The number of hydrogen-bond donors (Lipinski definition) is 0. The van der Waals surface area contributed by atoms with Gasteiger partial charge >= 0.3 is 5.97 Å². The highest BCUT2D eigenvalue weighted by molar-refractivity contribution is 6.00. The van der Waals surface area contributed by atoms with Crippen LogP contribution in [0.25, 0.3) is 5.57 Å². The fraction of sp³-hybridized carbons (Fsp3) is 0.444. The first-order valence-corrected chi connectivity index (χ1v) is 7.38. The Kier molecular flexibility index (Phi) is 4.31. The molecule has 0 unspecified atom stereocenters. The van der Waals surface area contributed by atoms with Gasteiger partial charge in [-0.1, -0.05) is 26.0 Å². The summed E-state index contributed by atoms with van der Waals surface area (Å²) in [4.78, 5) is 23.7. The Balaban J connectivity index is 2.39. The Hall–Kier alpha value is -1.90. The molecule has 1 aromatic rings. The lowest BCUT2D eigenvalue weighted by Gasteiger charge is -2.32. The van der Waals surface area contributed by atoms with Crippen LogP contribution in [0.5, 0.6) is 0 Å². The molecule has 1 aliphatic rings. The van der Waals surface area contributed by atoms with Crippen molar-refractivity contribution in [2.75, 3.05) is 6.61 Å². The minimum Gasteiger partial charge on any atom is -0.463 e. The topological polar surface area (TPSA) is 43.4 Å². The predicted molar refractivity (Wildman–Crippen MR) is 83.3 cm³/mol. The summed E-state index contributed by atoms with van der Waals surface area (Å²) in [5.74, 6) is -0.158. The molecule has 0 radical (unpaired) electrons. The lowest BCUT2D eigenvalue weighted by molar-refractivity contribution is -0.137. The molecule has 0 saturated heterocycles. The summed E-state index contributed by atoms with van der Waals surface area (Å²) in [5.41, 5.74) is 3.63. The third-order valence-corrected chi connectivity index (χ3v) is 4.10. The van der Waals surface area contributed by atoms with Crippen molar-refractivity contribution in [2.24, 2.45) is 0 Å². The van der Waals surface area contributed by atoms with Crippen LogP contribution in [-0.2, 0) is 14.9 Å². The predicted octanol–water partition coefficient (Wildman–Crippen LogP) is 3.91. The monoisotopic (exact) mass is 286 g/mol. The molecule has 0 aromatic heterocycles. The zero-order valence-electron chi connectivity index (χ0n) is 13.2. The minimum absolute atomic E-state index is 0.0283. The summed E-state index contributed by atoms with van der Waals surface area (Å²) in [6.07, 6.45) is 2.95. The normalized spacial score (nSPS) is 17.3. The number of carbonyl (C=O) groups is 2. The second-order valence-corrected chi connectivity index (χ2v) is 6.15. The van der Waals surface area contributed by atoms with Crippen LogP contribution in [0.4, 0.5) is 0 Å². The van der Waals surface area contributed by atoms with E-state index in [4.69, 9.17) is 4.74 Å². The quantitative estimate of drug-likeness (QED) is 0.625. The highest BCUT2D eigenvalue weighted by Crippen LogP contribution is 2.37. The van der Waals surface area contributed by atoms with Gasteiger partial charge in [-0.2, -0.15) is 0 Å². The van der Waals surface area contributed by atoms with Gasteiger partial charge in [0.1, 0.15) is 0 Å². The maximum Gasteiger partial charge on any atom is 0.331 e. The first-order chi connectivity index (χ1) is 9.85.